The highest BCUT2D eigenvalue weighted by Crippen LogP contribution is 2.41. The number of carbonyl (C=O) groups is 4. The summed E-state index contributed by atoms with van der Waals surface area (Å²) < 4.78 is 19.8. The third-order valence-corrected chi connectivity index (χ3v) is 14.7. The number of piperazine rings is 1. The minimum Gasteiger partial charge on any atom is -0.495 e. The van der Waals surface area contributed by atoms with Crippen molar-refractivity contribution in [1.82, 2.24) is 40.3 Å². The number of benzene rings is 2. The molecule has 1 saturated carbocycles. The van der Waals surface area contributed by atoms with Crippen molar-refractivity contribution < 1.29 is 28.3 Å². The van der Waals surface area contributed by atoms with Crippen LogP contribution in [0.1, 0.15) is 67.6 Å². The summed E-state index contributed by atoms with van der Waals surface area (Å²) >= 11 is 9.26. The molecule has 1 unspecified atom stereocenters. The molecule has 0 bridgehead atoms. The zero-order chi connectivity index (χ0) is 45.6. The lowest BCUT2D eigenvalue weighted by atomic mass is 10.00. The Morgan fingerprint density at radius 3 is 2.48 bits per heavy atom. The van der Waals surface area contributed by atoms with Gasteiger partial charge in [-0.15, -0.1) is 11.3 Å². The molecule has 0 radical (unpaired) electrons. The van der Waals surface area contributed by atoms with Gasteiger partial charge in [0.25, 0.3) is 11.8 Å². The van der Waals surface area contributed by atoms with E-state index in [1.807, 2.05) is 55.4 Å². The van der Waals surface area contributed by atoms with Gasteiger partial charge in [0.15, 0.2) is 5.67 Å². The van der Waals surface area contributed by atoms with Crippen LogP contribution in [-0.2, 0) is 20.9 Å². The highest BCUT2D eigenvalue weighted by molar-refractivity contribution is 8.00. The fraction of sp³-hybridized carbons (Fsp3) is 0.489. The van der Waals surface area contributed by atoms with E-state index >= 15 is 4.39 Å². The minimum absolute atomic E-state index is 0.0910. The number of alkyl halides is 1. The minimum atomic E-state index is -1.96. The van der Waals surface area contributed by atoms with Gasteiger partial charge in [-0.3, -0.25) is 24.1 Å². The largest absolute Gasteiger partial charge is 0.495 e. The molecule has 4 heterocycles. The van der Waals surface area contributed by atoms with Crippen molar-refractivity contribution in [3.8, 4) is 16.2 Å². The van der Waals surface area contributed by atoms with E-state index in [9.17, 15) is 19.2 Å². The Kier molecular flexibility index (Phi) is 15.0. The predicted octanol–water partition coefficient (Wildman–Crippen LogP) is 6.31. The van der Waals surface area contributed by atoms with Gasteiger partial charge >= 0.3 is 0 Å². The quantitative estimate of drug-likeness (QED) is 0.0821. The second-order valence-electron chi connectivity index (χ2n) is 16.9. The number of aromatic nitrogens is 3. The summed E-state index contributed by atoms with van der Waals surface area (Å²) in [6, 6.07) is 11.5. The molecule has 4 N–H and O–H groups in total. The van der Waals surface area contributed by atoms with E-state index in [4.69, 9.17) is 16.3 Å². The van der Waals surface area contributed by atoms with Gasteiger partial charge in [0, 0.05) is 56.6 Å². The Morgan fingerprint density at radius 1 is 1.06 bits per heavy atom. The molecule has 19 heteroatoms. The number of anilines is 3. The summed E-state index contributed by atoms with van der Waals surface area (Å²) in [6.07, 6.45) is 3.68. The molecule has 3 aliphatic rings. The number of hydrogen-bond donors (Lipinski definition) is 4. The molecule has 4 aromatic rings. The molecule has 15 nitrogen and oxygen atoms in total. The van der Waals surface area contributed by atoms with Crippen LogP contribution in [0.5, 0.6) is 5.75 Å². The number of methoxy groups -OCH3 is 1. The molecule has 0 spiro atoms. The zero-order valence-corrected chi connectivity index (χ0v) is 39.2. The first-order chi connectivity index (χ1) is 30.7. The molecule has 1 aliphatic carbocycles. The first-order valence-corrected chi connectivity index (χ1v) is 23.8. The van der Waals surface area contributed by atoms with Crippen LogP contribution in [0.4, 0.5) is 21.8 Å². The monoisotopic (exact) mass is 934 g/mol. The topological polar surface area (TPSA) is 174 Å². The Hall–Kier alpha value is -5.04. The summed E-state index contributed by atoms with van der Waals surface area (Å²) in [4.78, 5) is 74.4. The summed E-state index contributed by atoms with van der Waals surface area (Å²) in [7, 11) is 3.25. The summed E-state index contributed by atoms with van der Waals surface area (Å²) in [5.74, 6) is 0.450. The Bertz CT molecular complexity index is 2320. The van der Waals surface area contributed by atoms with Crippen LogP contribution in [0.15, 0.2) is 54.2 Å². The van der Waals surface area contributed by atoms with Gasteiger partial charge in [0.2, 0.25) is 17.8 Å². The lowest BCUT2D eigenvalue weighted by Gasteiger charge is -2.38. The fourth-order valence-electron chi connectivity index (χ4n) is 7.97. The summed E-state index contributed by atoms with van der Waals surface area (Å²) in [5, 5.41) is 12.2. The number of amides is 4. The van der Waals surface area contributed by atoms with Crippen LogP contribution in [0.25, 0.3) is 10.4 Å². The number of nitrogens with one attached hydrogen (secondary N) is 4. The summed E-state index contributed by atoms with van der Waals surface area (Å²) in [5.41, 5.74) is 3.93. The molecular weight excluding hydrogens is 879 g/mol. The van der Waals surface area contributed by atoms with Crippen LogP contribution in [0.3, 0.4) is 0 Å². The molecule has 2 saturated heterocycles. The predicted molar refractivity (Wildman–Crippen MR) is 250 cm³/mol. The molecule has 2 aromatic heterocycles. The number of aryl methyl sites for hydroxylation is 1. The molecule has 64 heavy (non-hydrogen) atoms. The Morgan fingerprint density at radius 2 is 1.81 bits per heavy atom. The van der Waals surface area contributed by atoms with Crippen LogP contribution in [-0.4, -0.2) is 135 Å². The van der Waals surface area contributed by atoms with E-state index < -0.39 is 28.4 Å². The molecule has 2 aliphatic heterocycles. The van der Waals surface area contributed by atoms with E-state index in [1.165, 1.54) is 13.3 Å². The average molecular weight is 936 g/mol. The number of likely N-dealkylation sites (tertiary alicyclic amines) is 1. The van der Waals surface area contributed by atoms with Gasteiger partial charge in [0.1, 0.15) is 28.7 Å². The van der Waals surface area contributed by atoms with E-state index in [1.54, 1.807) is 53.2 Å². The molecule has 4 amide bonds. The van der Waals surface area contributed by atoms with Crippen LogP contribution < -0.4 is 26.0 Å². The van der Waals surface area contributed by atoms with Crippen LogP contribution >= 0.6 is 34.7 Å². The third-order valence-electron chi connectivity index (χ3n) is 12.0. The SMILES string of the molecule is CNc1nc(Nc2ccc(C(=O)N3CCN(CCCSC(C)(C)C(NC(=O)C4(F)CC4)C(=O)N4CCC[C@H]4C(=O)NCc4ccc(-c5scnc5C)cc4)CC3)cc2OC)ncc1Cl. The number of rotatable bonds is 18. The number of thioether (sulfide) groups is 1. The van der Waals surface area contributed by atoms with E-state index in [0.717, 1.165) is 34.7 Å². The second-order valence-corrected chi connectivity index (χ2v) is 19.9. The van der Waals surface area contributed by atoms with Crippen molar-refractivity contribution in [3.63, 3.8) is 0 Å². The number of halogens is 2. The number of thiazole rings is 1. The first-order valence-electron chi connectivity index (χ1n) is 21.6. The van der Waals surface area contributed by atoms with Crippen molar-refractivity contribution in [1.29, 1.82) is 0 Å². The second kappa shape index (κ2) is 20.4. The highest BCUT2D eigenvalue weighted by atomic mass is 35.5. The van der Waals surface area contributed by atoms with Crippen molar-refractivity contribution >= 4 is 75.8 Å². The Labute approximate surface area is 386 Å². The van der Waals surface area contributed by atoms with E-state index in [0.29, 0.717) is 91.7 Å². The maximum Gasteiger partial charge on any atom is 0.258 e. The van der Waals surface area contributed by atoms with Crippen molar-refractivity contribution in [2.24, 2.45) is 0 Å². The lowest BCUT2D eigenvalue weighted by Crippen LogP contribution is -2.61. The fourth-order valence-corrected chi connectivity index (χ4v) is 10.1. The number of ether oxygens (including phenoxy) is 1. The molecule has 342 valence electrons. The zero-order valence-electron chi connectivity index (χ0n) is 36.8. The third kappa shape index (κ3) is 11.1. The van der Waals surface area contributed by atoms with Gasteiger partial charge in [0.05, 0.1) is 35.1 Å². The first kappa shape index (κ1) is 46.9. The van der Waals surface area contributed by atoms with Crippen molar-refractivity contribution in [2.45, 2.75) is 81.9 Å². The normalized spacial score (nSPS) is 17.7. The maximum absolute atomic E-state index is 15.1. The Balaban J connectivity index is 0.898. The van der Waals surface area contributed by atoms with E-state index in [2.05, 4.69) is 41.1 Å². The number of carbonyl (C=O) groups excluding carboxylic acids is 4. The summed E-state index contributed by atoms with van der Waals surface area (Å²) in [6.45, 7) is 9.74. The van der Waals surface area contributed by atoms with Crippen LogP contribution in [0.2, 0.25) is 5.02 Å². The molecular formula is C45H56ClFN10O5S2. The molecule has 3 fully saturated rings. The smallest absolute Gasteiger partial charge is 0.258 e. The van der Waals surface area contributed by atoms with Crippen molar-refractivity contribution in [2.75, 3.05) is 69.8 Å². The van der Waals surface area contributed by atoms with Gasteiger partial charge in [-0.2, -0.15) is 16.7 Å². The van der Waals surface area contributed by atoms with Gasteiger partial charge in [-0.05, 0) is 94.5 Å². The molecule has 7 rings (SSSR count). The highest BCUT2D eigenvalue weighted by Gasteiger charge is 2.53. The van der Waals surface area contributed by atoms with Gasteiger partial charge in [-0.1, -0.05) is 35.9 Å². The van der Waals surface area contributed by atoms with Crippen LogP contribution in [0, 0.1) is 6.92 Å². The maximum atomic E-state index is 15.1. The standard InChI is InChI=1S/C45H56ClFN10O5S2/c1-28-36(63-27-51-28)30-11-9-29(10-12-30)25-49-39(58)34-8-6-18-57(34)41(60)37(53-42(61)45(47)15-16-45)44(2,3)64-23-7-17-55-19-21-56(22-20-55)40(59)31-13-14-33(35(24-31)62-5)52-43-50-26-32(46)38(48-4)54-43/h9-14,24,26-27,34,37H,6-8,15-23,25H2,1-5H3,(H,49,58)(H,53,61)(H2,48,50,52,54)/t34-,37?/m0/s1. The van der Waals surface area contributed by atoms with E-state index in [-0.39, 0.29) is 30.6 Å². The molecule has 2 aromatic carbocycles. The molecule has 2 atom stereocenters. The lowest BCUT2D eigenvalue weighted by molar-refractivity contribution is -0.143. The average Bonchev–Trinajstić information content (AvgIpc) is 3.63. The number of hydrogen-bond acceptors (Lipinski definition) is 13. The van der Waals surface area contributed by atoms with Crippen molar-refractivity contribution in [3.05, 3.63) is 76.0 Å². The van der Waals surface area contributed by atoms with Gasteiger partial charge < -0.3 is 35.8 Å². The number of nitrogens with zero attached hydrogens (tertiary/aromatic N) is 6. The van der Waals surface area contributed by atoms with Gasteiger partial charge in [-0.25, -0.2) is 14.4 Å².